The molecule has 1 aliphatic heterocycles. The minimum atomic E-state index is -0.564. The van der Waals surface area contributed by atoms with Crippen molar-refractivity contribution in [3.63, 3.8) is 0 Å². The molecule has 1 amide bonds. The first kappa shape index (κ1) is 32.0. The summed E-state index contributed by atoms with van der Waals surface area (Å²) in [4.78, 5) is 24.1. The van der Waals surface area contributed by atoms with Gasteiger partial charge in [0.05, 0.1) is 13.7 Å². The number of piperidine rings is 1. The topological polar surface area (TPSA) is 117 Å². The molecule has 49 heavy (non-hydrogen) atoms. The third-order valence-electron chi connectivity index (χ3n) is 8.44. The van der Waals surface area contributed by atoms with Gasteiger partial charge in [-0.1, -0.05) is 24.3 Å². The third kappa shape index (κ3) is 7.01. The molecule has 1 N–H and O–H groups in total. The average Bonchev–Trinajstić information content (AvgIpc) is 3.68. The van der Waals surface area contributed by atoms with Crippen molar-refractivity contribution in [3.8, 4) is 28.7 Å². The first-order valence-corrected chi connectivity index (χ1v) is 16.5. The van der Waals surface area contributed by atoms with Crippen molar-refractivity contribution in [1.29, 1.82) is 0 Å². The number of pyridine rings is 1. The lowest BCUT2D eigenvalue weighted by molar-refractivity contribution is 0.0206. The molecule has 6 aromatic rings. The highest BCUT2D eigenvalue weighted by Crippen LogP contribution is 2.36. The molecule has 4 heterocycles. The van der Waals surface area contributed by atoms with E-state index in [9.17, 15) is 4.79 Å². The van der Waals surface area contributed by atoms with E-state index in [4.69, 9.17) is 28.7 Å². The molecule has 3 aromatic heterocycles. The van der Waals surface area contributed by atoms with Crippen molar-refractivity contribution in [2.24, 2.45) is 0 Å². The Morgan fingerprint density at radius 1 is 1.02 bits per heavy atom. The number of aryl methyl sites for hydroxylation is 1. The van der Waals surface area contributed by atoms with E-state index >= 15 is 0 Å². The summed E-state index contributed by atoms with van der Waals surface area (Å²) in [7, 11) is 1.65. The first-order valence-electron chi connectivity index (χ1n) is 16.5. The van der Waals surface area contributed by atoms with Crippen molar-refractivity contribution in [2.45, 2.75) is 58.7 Å². The number of hydrogen-bond donors (Lipinski definition) is 1. The van der Waals surface area contributed by atoms with E-state index in [1.807, 2.05) is 105 Å². The minimum absolute atomic E-state index is 0.0407. The highest BCUT2D eigenvalue weighted by molar-refractivity contribution is 5.93. The van der Waals surface area contributed by atoms with E-state index in [0.29, 0.717) is 48.5 Å². The Balaban J connectivity index is 1.19. The number of hydrogen-bond acceptors (Lipinski definition) is 9. The monoisotopic (exact) mass is 660 g/mol. The highest BCUT2D eigenvalue weighted by Gasteiger charge is 2.29. The zero-order chi connectivity index (χ0) is 34.1. The molecular weight excluding hydrogens is 620 g/mol. The molecule has 252 valence electrons. The van der Waals surface area contributed by atoms with Gasteiger partial charge in [-0.2, -0.15) is 5.10 Å². The molecule has 0 saturated carbocycles. The molecule has 0 bridgehead atoms. The van der Waals surface area contributed by atoms with Crippen LogP contribution in [0, 0.1) is 6.92 Å². The fourth-order valence-corrected chi connectivity index (χ4v) is 6.05. The number of amides is 1. The number of para-hydroxylation sites is 1. The molecule has 1 fully saturated rings. The predicted octanol–water partition coefficient (Wildman–Crippen LogP) is 8.21. The van der Waals surface area contributed by atoms with Crippen LogP contribution in [0.5, 0.6) is 17.2 Å². The smallest absolute Gasteiger partial charge is 0.410 e. The number of ether oxygens (including phenoxy) is 3. The average molecular weight is 661 g/mol. The van der Waals surface area contributed by atoms with Crippen LogP contribution in [0.25, 0.3) is 33.6 Å². The summed E-state index contributed by atoms with van der Waals surface area (Å²) in [6.07, 6.45) is 3.14. The van der Waals surface area contributed by atoms with Crippen LogP contribution in [0.4, 0.5) is 10.6 Å². The van der Waals surface area contributed by atoms with E-state index in [1.54, 1.807) is 18.2 Å². The number of nitrogens with zero attached hydrogens (tertiary/aromatic N) is 5. The standard InChI is InChI=1S/C38H40N6O5/c1-24-8-6-10-30-33(24)48-36(41-30)26-13-17-29(18-14-26)47-31-19-20-39-35-32(31)34(42-44(35)22-25-11-15-28(46-5)16-12-25)40-27-9-7-21-43(23-27)37(45)49-38(2,3)4/h6,8,10-20,27H,7,9,21-23H2,1-5H3,(H,40,42)/t27-/m1/s1. The number of carbonyl (C=O) groups excluding carboxylic acids is 1. The molecular formula is C38H40N6O5. The van der Waals surface area contributed by atoms with E-state index in [0.717, 1.165) is 51.8 Å². The number of likely N-dealkylation sites (tertiary alicyclic amines) is 1. The van der Waals surface area contributed by atoms with Crippen LogP contribution in [0.3, 0.4) is 0 Å². The van der Waals surface area contributed by atoms with E-state index in [2.05, 4.69) is 10.3 Å². The summed E-state index contributed by atoms with van der Waals surface area (Å²) in [5.41, 5.74) is 4.66. The highest BCUT2D eigenvalue weighted by atomic mass is 16.6. The van der Waals surface area contributed by atoms with Gasteiger partial charge in [0.25, 0.3) is 0 Å². The zero-order valence-corrected chi connectivity index (χ0v) is 28.4. The number of aromatic nitrogens is 4. The summed E-state index contributed by atoms with van der Waals surface area (Å²) >= 11 is 0. The van der Waals surface area contributed by atoms with Crippen molar-refractivity contribution in [1.82, 2.24) is 24.6 Å². The van der Waals surface area contributed by atoms with Gasteiger partial charge in [-0.25, -0.2) is 19.4 Å². The van der Waals surface area contributed by atoms with Gasteiger partial charge < -0.3 is 28.8 Å². The van der Waals surface area contributed by atoms with Crippen LogP contribution in [0.15, 0.2) is 83.4 Å². The second-order valence-corrected chi connectivity index (χ2v) is 13.3. The Morgan fingerprint density at radius 2 is 1.80 bits per heavy atom. The Labute approximate surface area is 284 Å². The van der Waals surface area contributed by atoms with Gasteiger partial charge >= 0.3 is 6.09 Å². The number of benzene rings is 3. The summed E-state index contributed by atoms with van der Waals surface area (Å²) in [5, 5.41) is 9.39. The Morgan fingerprint density at radius 3 is 2.53 bits per heavy atom. The summed E-state index contributed by atoms with van der Waals surface area (Å²) in [6.45, 7) is 9.29. The van der Waals surface area contributed by atoms with Gasteiger partial charge in [-0.05, 0) is 94.1 Å². The van der Waals surface area contributed by atoms with Crippen LogP contribution in [0.2, 0.25) is 0 Å². The maximum absolute atomic E-state index is 12.9. The minimum Gasteiger partial charge on any atom is -0.497 e. The van der Waals surface area contributed by atoms with Gasteiger partial charge in [0.15, 0.2) is 17.0 Å². The maximum atomic E-state index is 12.9. The Kier molecular flexibility index (Phi) is 8.58. The second kappa shape index (κ2) is 13.1. The number of methoxy groups -OCH3 is 1. The van der Waals surface area contributed by atoms with Gasteiger partial charge in [0.2, 0.25) is 5.89 Å². The molecule has 7 rings (SSSR count). The van der Waals surface area contributed by atoms with Crippen LogP contribution >= 0.6 is 0 Å². The lowest BCUT2D eigenvalue weighted by atomic mass is 10.1. The fourth-order valence-electron chi connectivity index (χ4n) is 6.05. The molecule has 0 spiro atoms. The fraction of sp³-hybridized carbons (Fsp3) is 0.316. The van der Waals surface area contributed by atoms with E-state index in [-0.39, 0.29) is 12.1 Å². The zero-order valence-electron chi connectivity index (χ0n) is 28.4. The van der Waals surface area contributed by atoms with Crippen LogP contribution in [-0.2, 0) is 11.3 Å². The lowest BCUT2D eigenvalue weighted by Gasteiger charge is -2.34. The van der Waals surface area contributed by atoms with Crippen molar-refractivity contribution in [3.05, 3.63) is 90.1 Å². The molecule has 0 aliphatic carbocycles. The molecule has 1 aliphatic rings. The predicted molar refractivity (Wildman–Crippen MR) is 188 cm³/mol. The van der Waals surface area contributed by atoms with Gasteiger partial charge in [0.1, 0.15) is 33.8 Å². The molecule has 0 unspecified atom stereocenters. The van der Waals surface area contributed by atoms with Crippen LogP contribution in [-0.4, -0.2) is 62.6 Å². The van der Waals surface area contributed by atoms with Gasteiger partial charge in [-0.3, -0.25) is 0 Å². The van der Waals surface area contributed by atoms with Crippen LogP contribution in [0.1, 0.15) is 44.7 Å². The largest absolute Gasteiger partial charge is 0.497 e. The molecule has 3 aromatic carbocycles. The maximum Gasteiger partial charge on any atom is 0.410 e. The number of carbonyl (C=O) groups is 1. The molecule has 11 heteroatoms. The first-order chi connectivity index (χ1) is 23.6. The van der Waals surface area contributed by atoms with Crippen molar-refractivity contribution in [2.75, 3.05) is 25.5 Å². The Hall–Kier alpha value is -5.58. The quantitative estimate of drug-likeness (QED) is 0.172. The number of anilines is 1. The molecule has 0 radical (unpaired) electrons. The summed E-state index contributed by atoms with van der Waals surface area (Å²) < 4.78 is 25.5. The van der Waals surface area contributed by atoms with Crippen molar-refractivity contribution >= 4 is 34.0 Å². The number of rotatable bonds is 8. The van der Waals surface area contributed by atoms with Gasteiger partial charge in [-0.15, -0.1) is 0 Å². The molecule has 11 nitrogen and oxygen atoms in total. The van der Waals surface area contributed by atoms with E-state index in [1.165, 1.54) is 0 Å². The number of nitrogens with one attached hydrogen (secondary N) is 1. The third-order valence-corrected chi connectivity index (χ3v) is 8.44. The molecule has 1 atom stereocenters. The summed E-state index contributed by atoms with van der Waals surface area (Å²) in [5.74, 6) is 3.24. The lowest BCUT2D eigenvalue weighted by Crippen LogP contribution is -2.47. The second-order valence-electron chi connectivity index (χ2n) is 13.3. The van der Waals surface area contributed by atoms with E-state index < -0.39 is 5.60 Å². The van der Waals surface area contributed by atoms with Crippen molar-refractivity contribution < 1.29 is 23.4 Å². The Bertz CT molecular complexity index is 2100. The summed E-state index contributed by atoms with van der Waals surface area (Å²) in [6, 6.07) is 23.3. The SMILES string of the molecule is COc1ccc(Cn2nc(N[C@@H]3CCCN(C(=O)OC(C)(C)C)C3)c3c(Oc4ccc(-c5nc6cccc(C)c6o5)cc4)ccnc32)cc1. The van der Waals surface area contributed by atoms with Crippen LogP contribution < -0.4 is 14.8 Å². The van der Waals surface area contributed by atoms with Gasteiger partial charge in [0, 0.05) is 37.0 Å². The number of oxazole rings is 1. The number of fused-ring (bicyclic) bond motifs is 2. The normalized spacial score (nSPS) is 15.0. The molecule has 1 saturated heterocycles.